The van der Waals surface area contributed by atoms with E-state index in [1.165, 1.54) is 0 Å². The van der Waals surface area contributed by atoms with Gasteiger partial charge in [-0.25, -0.2) is 0 Å². The summed E-state index contributed by atoms with van der Waals surface area (Å²) in [7, 11) is 1.63. The molecular weight excluding hydrogens is 213 g/mol. The minimum absolute atomic E-state index is 0. The van der Waals surface area contributed by atoms with Crippen molar-refractivity contribution in [3.8, 4) is 5.75 Å². The molecule has 0 fully saturated rings. The maximum Gasteiger partial charge on any atom is 1.00 e. The largest absolute Gasteiger partial charge is 1.00 e. The SMILES string of the molecule is COc1ccc(NC(=S)[S-])cc1.[Na+]. The normalized spacial score (nSPS) is 8.38. The van der Waals surface area contributed by atoms with Crippen molar-refractivity contribution in [2.45, 2.75) is 0 Å². The summed E-state index contributed by atoms with van der Waals surface area (Å²) < 4.78 is 5.33. The Hall–Kier alpha value is 0.130. The van der Waals surface area contributed by atoms with Gasteiger partial charge in [-0.3, -0.25) is 0 Å². The first-order valence-electron chi connectivity index (χ1n) is 3.34. The quantitative estimate of drug-likeness (QED) is 0.390. The number of benzene rings is 1. The van der Waals surface area contributed by atoms with Gasteiger partial charge in [-0.2, -0.15) is 0 Å². The average Bonchev–Trinajstić information content (AvgIpc) is 2.05. The number of anilines is 1. The Bertz CT molecular complexity index is 276. The zero-order valence-electron chi connectivity index (χ0n) is 7.53. The van der Waals surface area contributed by atoms with Crippen molar-refractivity contribution in [3.05, 3.63) is 24.3 Å². The fourth-order valence-electron chi connectivity index (χ4n) is 0.792. The van der Waals surface area contributed by atoms with E-state index in [4.69, 9.17) is 29.6 Å². The number of nitrogens with one attached hydrogen (secondary N) is 1. The molecule has 0 unspecified atom stereocenters. The molecule has 0 bridgehead atoms. The zero-order chi connectivity index (χ0) is 8.97. The van der Waals surface area contributed by atoms with Gasteiger partial charge in [0.1, 0.15) is 5.75 Å². The molecule has 1 aromatic carbocycles. The van der Waals surface area contributed by atoms with Crippen molar-refractivity contribution in [3.63, 3.8) is 0 Å². The second-order valence-electron chi connectivity index (χ2n) is 2.14. The fourth-order valence-corrected chi connectivity index (χ4v) is 1.03. The summed E-state index contributed by atoms with van der Waals surface area (Å²) in [4.78, 5) is 0. The van der Waals surface area contributed by atoms with E-state index in [9.17, 15) is 0 Å². The average molecular weight is 221 g/mol. The van der Waals surface area contributed by atoms with Gasteiger partial charge in [0, 0.05) is 5.69 Å². The van der Waals surface area contributed by atoms with Gasteiger partial charge in [-0.15, -0.1) is 0 Å². The predicted molar refractivity (Wildman–Crippen MR) is 56.6 cm³/mol. The van der Waals surface area contributed by atoms with Crippen LogP contribution in [0.3, 0.4) is 0 Å². The predicted octanol–water partition coefficient (Wildman–Crippen LogP) is -1.06. The van der Waals surface area contributed by atoms with E-state index in [0.29, 0.717) is 4.32 Å². The smallest absolute Gasteiger partial charge is 0.497 e. The summed E-state index contributed by atoms with van der Waals surface area (Å²) >= 11 is 9.42. The van der Waals surface area contributed by atoms with Crippen LogP contribution in [0.2, 0.25) is 0 Å². The number of thiocarbonyl (C=S) groups is 1. The van der Waals surface area contributed by atoms with E-state index < -0.39 is 0 Å². The van der Waals surface area contributed by atoms with E-state index in [2.05, 4.69) is 5.32 Å². The standard InChI is InChI=1S/C8H9NOS2.Na/c1-10-7-4-2-6(3-5-7)9-8(11)12;/h2-5H,1H3,(H2,9,11,12);/q;+1/p-1. The molecule has 0 heterocycles. The van der Waals surface area contributed by atoms with Crippen molar-refractivity contribution < 1.29 is 34.3 Å². The zero-order valence-corrected chi connectivity index (χ0v) is 11.2. The van der Waals surface area contributed by atoms with E-state index in [-0.39, 0.29) is 29.6 Å². The molecule has 0 spiro atoms. The molecule has 0 aliphatic heterocycles. The van der Waals surface area contributed by atoms with E-state index in [0.717, 1.165) is 11.4 Å². The van der Waals surface area contributed by atoms with Gasteiger partial charge in [-0.1, -0.05) is 4.32 Å². The summed E-state index contributed by atoms with van der Waals surface area (Å²) in [6, 6.07) is 7.40. The Morgan fingerprint density at radius 2 is 1.92 bits per heavy atom. The van der Waals surface area contributed by atoms with E-state index in [1.54, 1.807) is 7.11 Å². The summed E-state index contributed by atoms with van der Waals surface area (Å²) in [5.41, 5.74) is 0.885. The second-order valence-corrected chi connectivity index (χ2v) is 3.22. The summed E-state index contributed by atoms with van der Waals surface area (Å²) in [5.74, 6) is 0.816. The van der Waals surface area contributed by atoms with Crippen molar-refractivity contribution in [1.82, 2.24) is 0 Å². The number of methoxy groups -OCH3 is 1. The molecule has 13 heavy (non-hydrogen) atoms. The Labute approximate surface area is 111 Å². The number of hydrogen-bond donors (Lipinski definition) is 1. The van der Waals surface area contributed by atoms with Crippen LogP contribution in [-0.4, -0.2) is 11.4 Å². The maximum atomic E-state index is 4.99. The fraction of sp³-hybridized carbons (Fsp3) is 0.125. The summed E-state index contributed by atoms with van der Waals surface area (Å²) in [6.07, 6.45) is 0. The Balaban J connectivity index is 0.00000144. The minimum atomic E-state index is 0. The molecule has 0 aliphatic carbocycles. The summed E-state index contributed by atoms with van der Waals surface area (Å²) in [5, 5.41) is 2.85. The topological polar surface area (TPSA) is 21.3 Å². The number of rotatable bonds is 2. The van der Waals surface area contributed by atoms with Crippen LogP contribution in [0.1, 0.15) is 0 Å². The molecule has 1 rings (SSSR count). The van der Waals surface area contributed by atoms with Crippen LogP contribution < -0.4 is 39.6 Å². The minimum Gasteiger partial charge on any atom is -0.497 e. The number of ether oxygens (including phenoxy) is 1. The van der Waals surface area contributed by atoms with Gasteiger partial charge in [0.2, 0.25) is 0 Å². The van der Waals surface area contributed by atoms with E-state index in [1.807, 2.05) is 24.3 Å². The van der Waals surface area contributed by atoms with Crippen LogP contribution in [0, 0.1) is 0 Å². The first-order chi connectivity index (χ1) is 5.72. The van der Waals surface area contributed by atoms with Crippen LogP contribution in [0.5, 0.6) is 5.75 Å². The van der Waals surface area contributed by atoms with Crippen LogP contribution >= 0.6 is 12.2 Å². The Kier molecular flexibility index (Phi) is 6.63. The molecule has 0 saturated carbocycles. The molecule has 0 aromatic heterocycles. The van der Waals surface area contributed by atoms with Crippen LogP contribution in [0.4, 0.5) is 5.69 Å². The van der Waals surface area contributed by atoms with E-state index >= 15 is 0 Å². The second kappa shape index (κ2) is 6.56. The third-order valence-corrected chi connectivity index (χ3v) is 1.54. The van der Waals surface area contributed by atoms with Crippen LogP contribution in [-0.2, 0) is 12.6 Å². The van der Waals surface area contributed by atoms with Crippen molar-refractivity contribution >= 4 is 34.9 Å². The van der Waals surface area contributed by atoms with Crippen molar-refractivity contribution in [1.29, 1.82) is 0 Å². The van der Waals surface area contributed by atoms with Gasteiger partial charge < -0.3 is 34.9 Å². The van der Waals surface area contributed by atoms with Crippen molar-refractivity contribution in [2.75, 3.05) is 12.4 Å². The van der Waals surface area contributed by atoms with Gasteiger partial charge in [-0.05, 0) is 24.3 Å². The number of hydrogen-bond acceptors (Lipinski definition) is 3. The molecular formula is C8H8NNaOS2. The first kappa shape index (κ1) is 13.1. The Morgan fingerprint density at radius 3 is 2.31 bits per heavy atom. The molecule has 0 aliphatic rings. The maximum absolute atomic E-state index is 4.99. The molecule has 2 nitrogen and oxygen atoms in total. The van der Waals surface area contributed by atoms with Gasteiger partial charge >= 0.3 is 29.6 Å². The summed E-state index contributed by atoms with van der Waals surface area (Å²) in [6.45, 7) is 0. The molecule has 0 amide bonds. The van der Waals surface area contributed by atoms with Crippen molar-refractivity contribution in [2.24, 2.45) is 0 Å². The van der Waals surface area contributed by atoms with Crippen LogP contribution in [0.25, 0.3) is 0 Å². The van der Waals surface area contributed by atoms with Gasteiger partial charge in [0.15, 0.2) is 0 Å². The first-order valence-corrected chi connectivity index (χ1v) is 4.16. The molecule has 64 valence electrons. The molecule has 0 radical (unpaired) electrons. The third kappa shape index (κ3) is 4.78. The van der Waals surface area contributed by atoms with Crippen LogP contribution in [0.15, 0.2) is 24.3 Å². The third-order valence-electron chi connectivity index (χ3n) is 1.34. The monoisotopic (exact) mass is 221 g/mol. The molecule has 1 aromatic rings. The Morgan fingerprint density at radius 1 is 1.38 bits per heavy atom. The molecule has 1 N–H and O–H groups in total. The van der Waals surface area contributed by atoms with Gasteiger partial charge in [0.05, 0.1) is 7.11 Å². The molecule has 5 heteroatoms. The molecule has 0 atom stereocenters. The van der Waals surface area contributed by atoms with Gasteiger partial charge in [0.25, 0.3) is 0 Å². The molecule has 0 saturated heterocycles.